The summed E-state index contributed by atoms with van der Waals surface area (Å²) in [4.78, 5) is 17.9. The van der Waals surface area contributed by atoms with Gasteiger partial charge in [0.05, 0.1) is 6.20 Å². The summed E-state index contributed by atoms with van der Waals surface area (Å²) in [6.07, 6.45) is 4.75. The lowest BCUT2D eigenvalue weighted by Gasteiger charge is -2.39. The van der Waals surface area contributed by atoms with E-state index >= 15 is 0 Å². The van der Waals surface area contributed by atoms with Gasteiger partial charge in [0.2, 0.25) is 0 Å². The van der Waals surface area contributed by atoms with Crippen LogP contribution in [0.25, 0.3) is 0 Å². The fraction of sp³-hybridized carbons (Fsp3) is 0.500. The van der Waals surface area contributed by atoms with Gasteiger partial charge in [0.25, 0.3) is 5.91 Å². The summed E-state index contributed by atoms with van der Waals surface area (Å²) in [6, 6.07) is 10.8. The number of aromatic nitrogens is 2. The van der Waals surface area contributed by atoms with Gasteiger partial charge in [-0.1, -0.05) is 41.7 Å². The average Bonchev–Trinajstić information content (AvgIpc) is 3.15. The molecule has 2 heterocycles. The molecule has 0 unspecified atom stereocenters. The summed E-state index contributed by atoms with van der Waals surface area (Å²) in [5.74, 6) is 0.0819. The molecule has 1 amide bonds. The molecule has 1 aromatic carbocycles. The molecule has 24 heavy (non-hydrogen) atoms. The Bertz CT molecular complexity index is 632. The van der Waals surface area contributed by atoms with Crippen LogP contribution in [0.2, 0.25) is 0 Å². The van der Waals surface area contributed by atoms with Gasteiger partial charge in [-0.3, -0.25) is 9.69 Å². The van der Waals surface area contributed by atoms with Crippen LogP contribution in [0.5, 0.6) is 0 Å². The molecule has 1 atom stereocenters. The largest absolute Gasteiger partial charge is 0.334 e. The maximum Gasteiger partial charge on any atom is 0.267 e. The first-order valence-corrected chi connectivity index (χ1v) is 9.40. The minimum Gasteiger partial charge on any atom is -0.334 e. The van der Waals surface area contributed by atoms with E-state index in [9.17, 15) is 4.79 Å². The molecule has 2 aromatic rings. The predicted molar refractivity (Wildman–Crippen MR) is 96.0 cm³/mol. The Balaban J connectivity index is 1.67. The highest BCUT2D eigenvalue weighted by Crippen LogP contribution is 2.21. The summed E-state index contributed by atoms with van der Waals surface area (Å²) >= 11 is 1.19. The Morgan fingerprint density at radius 3 is 2.92 bits per heavy atom. The van der Waals surface area contributed by atoms with Gasteiger partial charge in [-0.25, -0.2) is 0 Å². The lowest BCUT2D eigenvalue weighted by Crippen LogP contribution is -2.50. The second-order valence-electron chi connectivity index (χ2n) is 6.30. The van der Waals surface area contributed by atoms with E-state index in [2.05, 4.69) is 45.7 Å². The summed E-state index contributed by atoms with van der Waals surface area (Å²) in [5, 5.41) is 3.81. The van der Waals surface area contributed by atoms with Gasteiger partial charge < -0.3 is 4.90 Å². The van der Waals surface area contributed by atoms with Crippen molar-refractivity contribution in [1.29, 1.82) is 0 Å². The first-order valence-electron chi connectivity index (χ1n) is 8.62. The quantitative estimate of drug-likeness (QED) is 0.808. The molecule has 1 aliphatic rings. The highest BCUT2D eigenvalue weighted by atomic mass is 32.1. The van der Waals surface area contributed by atoms with Crippen molar-refractivity contribution >= 4 is 17.4 Å². The number of piperidine rings is 1. The minimum absolute atomic E-state index is 0.0819. The Labute approximate surface area is 147 Å². The molecule has 128 valence electrons. The molecule has 1 aromatic heterocycles. The standard InChI is InChI=1S/C18H24N4OS/c1-2-10-22(18(23)17-12-19-20-24-17)16-9-6-11-21(14-16)13-15-7-4-3-5-8-15/h3-5,7-8,12,16H,2,6,9-11,13-14H2,1H3/t16-/m1/s1. The molecule has 0 radical (unpaired) electrons. The van der Waals surface area contributed by atoms with Crippen molar-refractivity contribution in [2.24, 2.45) is 0 Å². The van der Waals surface area contributed by atoms with Gasteiger partial charge in [0.15, 0.2) is 0 Å². The van der Waals surface area contributed by atoms with Gasteiger partial charge in [0.1, 0.15) is 4.88 Å². The Kier molecular flexibility index (Phi) is 5.93. The van der Waals surface area contributed by atoms with E-state index in [1.54, 1.807) is 6.20 Å². The van der Waals surface area contributed by atoms with Gasteiger partial charge in [-0.15, -0.1) is 5.10 Å². The monoisotopic (exact) mass is 344 g/mol. The topological polar surface area (TPSA) is 49.3 Å². The van der Waals surface area contributed by atoms with Gasteiger partial charge in [-0.05, 0) is 42.9 Å². The molecule has 0 bridgehead atoms. The van der Waals surface area contributed by atoms with Gasteiger partial charge in [-0.2, -0.15) is 0 Å². The number of carbonyl (C=O) groups is 1. The molecule has 0 aliphatic carbocycles. The van der Waals surface area contributed by atoms with Crippen molar-refractivity contribution in [3.63, 3.8) is 0 Å². The smallest absolute Gasteiger partial charge is 0.267 e. The first-order chi connectivity index (χ1) is 11.8. The number of hydrogen-bond donors (Lipinski definition) is 0. The van der Waals surface area contributed by atoms with Crippen LogP contribution in [-0.2, 0) is 6.54 Å². The molecule has 5 nitrogen and oxygen atoms in total. The zero-order valence-corrected chi connectivity index (χ0v) is 14.9. The van der Waals surface area contributed by atoms with Crippen LogP contribution in [0.3, 0.4) is 0 Å². The third-order valence-electron chi connectivity index (χ3n) is 4.47. The van der Waals surface area contributed by atoms with Crippen molar-refractivity contribution in [2.45, 2.75) is 38.8 Å². The van der Waals surface area contributed by atoms with Crippen LogP contribution < -0.4 is 0 Å². The summed E-state index contributed by atoms with van der Waals surface area (Å²) in [6.45, 7) is 5.90. The highest BCUT2D eigenvalue weighted by molar-refractivity contribution is 7.07. The maximum absolute atomic E-state index is 12.8. The van der Waals surface area contributed by atoms with Crippen LogP contribution in [0, 0.1) is 0 Å². The van der Waals surface area contributed by atoms with Crippen molar-refractivity contribution in [2.75, 3.05) is 19.6 Å². The van der Waals surface area contributed by atoms with Crippen molar-refractivity contribution in [1.82, 2.24) is 19.4 Å². The normalized spacial score (nSPS) is 18.5. The van der Waals surface area contributed by atoms with E-state index in [0.29, 0.717) is 4.88 Å². The third-order valence-corrected chi connectivity index (χ3v) is 5.12. The van der Waals surface area contributed by atoms with Crippen molar-refractivity contribution in [3.8, 4) is 0 Å². The number of carbonyl (C=O) groups excluding carboxylic acids is 1. The summed E-state index contributed by atoms with van der Waals surface area (Å²) in [7, 11) is 0. The van der Waals surface area contributed by atoms with Crippen LogP contribution in [0.15, 0.2) is 36.5 Å². The number of nitrogens with zero attached hydrogens (tertiary/aromatic N) is 4. The van der Waals surface area contributed by atoms with Crippen molar-refractivity contribution < 1.29 is 4.79 Å². The molecule has 1 aliphatic heterocycles. The molecule has 1 fully saturated rings. The molecule has 1 saturated heterocycles. The zero-order chi connectivity index (χ0) is 16.8. The number of benzene rings is 1. The molecule has 0 spiro atoms. The zero-order valence-electron chi connectivity index (χ0n) is 14.1. The summed E-state index contributed by atoms with van der Waals surface area (Å²) in [5.41, 5.74) is 1.33. The van der Waals surface area contributed by atoms with E-state index in [1.165, 1.54) is 17.1 Å². The number of amides is 1. The van der Waals surface area contributed by atoms with Crippen LogP contribution >= 0.6 is 11.5 Å². The van der Waals surface area contributed by atoms with Crippen LogP contribution in [0.4, 0.5) is 0 Å². The Morgan fingerprint density at radius 1 is 1.38 bits per heavy atom. The maximum atomic E-state index is 12.8. The van der Waals surface area contributed by atoms with Crippen LogP contribution in [-0.4, -0.2) is 51.0 Å². The molecule has 0 N–H and O–H groups in total. The lowest BCUT2D eigenvalue weighted by atomic mass is 10.0. The van der Waals surface area contributed by atoms with E-state index in [4.69, 9.17) is 0 Å². The molecule has 6 heteroatoms. The fourth-order valence-electron chi connectivity index (χ4n) is 3.36. The second-order valence-corrected chi connectivity index (χ2v) is 7.08. The summed E-state index contributed by atoms with van der Waals surface area (Å²) < 4.78 is 3.84. The minimum atomic E-state index is 0.0819. The molecule has 0 saturated carbocycles. The molecular weight excluding hydrogens is 320 g/mol. The van der Waals surface area contributed by atoms with Gasteiger partial charge in [0, 0.05) is 25.7 Å². The second kappa shape index (κ2) is 8.35. The first kappa shape index (κ1) is 17.0. The van der Waals surface area contributed by atoms with Crippen LogP contribution in [0.1, 0.15) is 41.4 Å². The molecule has 3 rings (SSSR count). The van der Waals surface area contributed by atoms with Gasteiger partial charge >= 0.3 is 0 Å². The third kappa shape index (κ3) is 4.19. The highest BCUT2D eigenvalue weighted by Gasteiger charge is 2.29. The van der Waals surface area contributed by atoms with E-state index in [-0.39, 0.29) is 11.9 Å². The van der Waals surface area contributed by atoms with Crippen molar-refractivity contribution in [3.05, 3.63) is 47.0 Å². The lowest BCUT2D eigenvalue weighted by molar-refractivity contribution is 0.0539. The van der Waals surface area contributed by atoms with E-state index < -0.39 is 0 Å². The van der Waals surface area contributed by atoms with E-state index in [0.717, 1.165) is 45.4 Å². The SMILES string of the molecule is CCCN(C(=O)c1cnns1)[C@@H]1CCCN(Cc2ccccc2)C1. The number of hydrogen-bond acceptors (Lipinski definition) is 5. The Morgan fingerprint density at radius 2 is 2.21 bits per heavy atom. The average molecular weight is 344 g/mol. The Hall–Kier alpha value is -1.79. The molecular formula is C18H24N4OS. The number of rotatable bonds is 6. The van der Waals surface area contributed by atoms with E-state index in [1.807, 2.05) is 11.0 Å². The predicted octanol–water partition coefficient (Wildman–Crippen LogP) is 3.05. The fourth-order valence-corrected chi connectivity index (χ4v) is 3.84. The number of likely N-dealkylation sites (tertiary alicyclic amines) is 1.